The molecule has 142 valence electrons. The predicted octanol–water partition coefficient (Wildman–Crippen LogP) is 4.33. The molecule has 1 aliphatic heterocycles. The molecule has 4 N–H and O–H groups in total. The molecular weight excluding hydrogens is 376 g/mol. The lowest BCUT2D eigenvalue weighted by atomic mass is 10.2. The number of hydrogen-bond donors (Lipinski definition) is 3. The molecule has 28 heavy (non-hydrogen) atoms. The number of aromatic nitrogens is 1. The Morgan fingerprint density at radius 1 is 1.07 bits per heavy atom. The van der Waals surface area contributed by atoms with E-state index in [9.17, 15) is 4.79 Å². The summed E-state index contributed by atoms with van der Waals surface area (Å²) in [6, 6.07) is 14.4. The Hall–Kier alpha value is -3.39. The van der Waals surface area contributed by atoms with Crippen molar-refractivity contribution in [1.82, 2.24) is 4.98 Å². The van der Waals surface area contributed by atoms with E-state index in [2.05, 4.69) is 15.6 Å². The number of pyridine rings is 1. The highest BCUT2D eigenvalue weighted by molar-refractivity contribution is 7.98. The number of rotatable bonds is 5. The van der Waals surface area contributed by atoms with Gasteiger partial charge < -0.3 is 25.8 Å². The predicted molar refractivity (Wildman–Crippen MR) is 110 cm³/mol. The maximum Gasteiger partial charge on any atom is 0.323 e. The lowest BCUT2D eigenvalue weighted by Gasteiger charge is -2.10. The van der Waals surface area contributed by atoms with Crippen LogP contribution < -0.4 is 25.8 Å². The Labute approximate surface area is 166 Å². The second-order valence-corrected chi connectivity index (χ2v) is 7.07. The first-order valence-electron chi connectivity index (χ1n) is 8.56. The van der Waals surface area contributed by atoms with Gasteiger partial charge in [-0.1, -0.05) is 12.1 Å². The molecule has 0 fully saturated rings. The number of nitrogens with one attached hydrogen (secondary N) is 2. The third-order valence-electron chi connectivity index (χ3n) is 4.03. The monoisotopic (exact) mass is 394 g/mol. The van der Waals surface area contributed by atoms with Gasteiger partial charge in [0, 0.05) is 46.2 Å². The Morgan fingerprint density at radius 3 is 2.75 bits per heavy atom. The van der Waals surface area contributed by atoms with Gasteiger partial charge in [-0.2, -0.15) is 0 Å². The van der Waals surface area contributed by atoms with E-state index in [0.29, 0.717) is 28.6 Å². The number of nitrogens with zero attached hydrogens (tertiary/aromatic N) is 1. The number of amides is 2. The van der Waals surface area contributed by atoms with Gasteiger partial charge in [-0.05, 0) is 35.9 Å². The van der Waals surface area contributed by atoms with Crippen LogP contribution in [-0.4, -0.2) is 17.8 Å². The van der Waals surface area contributed by atoms with Crippen LogP contribution in [0.5, 0.6) is 11.5 Å². The lowest BCUT2D eigenvalue weighted by molar-refractivity contribution is 0.174. The van der Waals surface area contributed by atoms with Crippen LogP contribution in [0.4, 0.5) is 21.9 Å². The standard InChI is InChI=1S/C20H18N4O3S/c21-16-6-7-22-10-19(16)28-11-13-2-1-3-14(8-13)23-20(25)24-15-4-5-17-18(9-15)27-12-26-17/h1-10H,11-12H2,(H2,21,22)(H2,23,24,25). The second-order valence-electron chi connectivity index (χ2n) is 6.05. The van der Waals surface area contributed by atoms with Gasteiger partial charge in [-0.15, -0.1) is 11.8 Å². The van der Waals surface area contributed by atoms with Crippen molar-refractivity contribution < 1.29 is 14.3 Å². The molecular formula is C20H18N4O3S. The number of ether oxygens (including phenoxy) is 2. The number of nitrogens with two attached hydrogens (primary N) is 1. The van der Waals surface area contributed by atoms with Crippen molar-refractivity contribution in [2.24, 2.45) is 0 Å². The quantitative estimate of drug-likeness (QED) is 0.557. The van der Waals surface area contributed by atoms with Gasteiger partial charge in [0.1, 0.15) is 0 Å². The van der Waals surface area contributed by atoms with Crippen LogP contribution in [0.25, 0.3) is 0 Å². The average molecular weight is 394 g/mol. The summed E-state index contributed by atoms with van der Waals surface area (Å²) in [7, 11) is 0. The Bertz CT molecular complexity index is 1010. The summed E-state index contributed by atoms with van der Waals surface area (Å²) in [5, 5.41) is 5.63. The molecule has 0 saturated carbocycles. The molecule has 2 aromatic carbocycles. The van der Waals surface area contributed by atoms with Gasteiger partial charge in [0.25, 0.3) is 0 Å². The van der Waals surface area contributed by atoms with Crippen LogP contribution >= 0.6 is 11.8 Å². The molecule has 0 atom stereocenters. The van der Waals surface area contributed by atoms with Crippen LogP contribution in [0.1, 0.15) is 5.56 Å². The number of benzene rings is 2. The minimum Gasteiger partial charge on any atom is -0.454 e. The molecule has 4 rings (SSSR count). The normalized spacial score (nSPS) is 11.9. The molecule has 1 aliphatic rings. The van der Waals surface area contributed by atoms with E-state index in [1.807, 2.05) is 24.3 Å². The molecule has 0 aliphatic carbocycles. The molecule has 8 heteroatoms. The number of urea groups is 1. The van der Waals surface area contributed by atoms with Crippen LogP contribution in [0.15, 0.2) is 65.8 Å². The maximum absolute atomic E-state index is 12.3. The largest absolute Gasteiger partial charge is 0.454 e. The van der Waals surface area contributed by atoms with Gasteiger partial charge in [0.15, 0.2) is 11.5 Å². The highest BCUT2D eigenvalue weighted by Gasteiger charge is 2.14. The van der Waals surface area contributed by atoms with Crippen molar-refractivity contribution in [3.63, 3.8) is 0 Å². The Kier molecular flexibility index (Phi) is 5.20. The molecule has 0 saturated heterocycles. The molecule has 0 radical (unpaired) electrons. The first-order valence-corrected chi connectivity index (χ1v) is 9.55. The molecule has 0 unspecified atom stereocenters. The topological polar surface area (TPSA) is 98.5 Å². The average Bonchev–Trinajstić information content (AvgIpc) is 3.15. The van der Waals surface area contributed by atoms with E-state index in [1.54, 1.807) is 48.4 Å². The summed E-state index contributed by atoms with van der Waals surface area (Å²) in [5.41, 5.74) is 9.04. The molecule has 2 amide bonds. The van der Waals surface area contributed by atoms with E-state index in [4.69, 9.17) is 15.2 Å². The molecule has 0 bridgehead atoms. The summed E-state index contributed by atoms with van der Waals surface area (Å²) in [4.78, 5) is 17.3. The molecule has 2 heterocycles. The summed E-state index contributed by atoms with van der Waals surface area (Å²) < 4.78 is 10.6. The van der Waals surface area contributed by atoms with Crippen LogP contribution in [0.2, 0.25) is 0 Å². The summed E-state index contributed by atoms with van der Waals surface area (Å²) in [6.07, 6.45) is 3.42. The van der Waals surface area contributed by atoms with Crippen molar-refractivity contribution in [3.05, 3.63) is 66.5 Å². The van der Waals surface area contributed by atoms with Crippen LogP contribution in [0, 0.1) is 0 Å². The molecule has 0 spiro atoms. The van der Waals surface area contributed by atoms with Gasteiger partial charge in [0.2, 0.25) is 6.79 Å². The minimum atomic E-state index is -0.333. The Morgan fingerprint density at radius 2 is 1.89 bits per heavy atom. The number of thioether (sulfide) groups is 1. The molecule has 1 aromatic heterocycles. The summed E-state index contributed by atoms with van der Waals surface area (Å²) >= 11 is 1.60. The van der Waals surface area contributed by atoms with Gasteiger partial charge in [-0.3, -0.25) is 4.98 Å². The fourth-order valence-electron chi connectivity index (χ4n) is 2.68. The van der Waals surface area contributed by atoms with Crippen molar-refractivity contribution in [2.45, 2.75) is 10.6 Å². The third kappa shape index (κ3) is 4.29. The zero-order valence-electron chi connectivity index (χ0n) is 14.8. The number of anilines is 3. The SMILES string of the molecule is Nc1ccncc1SCc1cccc(NC(=O)Nc2ccc3c(c2)OCO3)c1. The number of fused-ring (bicyclic) bond motifs is 1. The maximum atomic E-state index is 12.3. The second kappa shape index (κ2) is 8.10. The van der Waals surface area contributed by atoms with E-state index < -0.39 is 0 Å². The van der Waals surface area contributed by atoms with Crippen LogP contribution in [0.3, 0.4) is 0 Å². The first-order chi connectivity index (χ1) is 13.7. The molecule has 7 nitrogen and oxygen atoms in total. The van der Waals surface area contributed by atoms with Crippen molar-refractivity contribution in [2.75, 3.05) is 23.2 Å². The van der Waals surface area contributed by atoms with Gasteiger partial charge >= 0.3 is 6.03 Å². The van der Waals surface area contributed by atoms with E-state index >= 15 is 0 Å². The van der Waals surface area contributed by atoms with E-state index in [0.717, 1.165) is 16.2 Å². The van der Waals surface area contributed by atoms with Crippen molar-refractivity contribution in [3.8, 4) is 11.5 Å². The smallest absolute Gasteiger partial charge is 0.323 e. The van der Waals surface area contributed by atoms with Gasteiger partial charge in [-0.25, -0.2) is 4.79 Å². The van der Waals surface area contributed by atoms with Crippen LogP contribution in [-0.2, 0) is 5.75 Å². The number of hydrogen-bond acceptors (Lipinski definition) is 6. The summed E-state index contributed by atoms with van der Waals surface area (Å²) in [5.74, 6) is 2.01. The van der Waals surface area contributed by atoms with E-state index in [-0.39, 0.29) is 12.8 Å². The highest BCUT2D eigenvalue weighted by atomic mass is 32.2. The van der Waals surface area contributed by atoms with Gasteiger partial charge in [0.05, 0.1) is 0 Å². The first kappa shape index (κ1) is 18.0. The summed E-state index contributed by atoms with van der Waals surface area (Å²) in [6.45, 7) is 0.195. The fraction of sp³-hybridized carbons (Fsp3) is 0.100. The number of carbonyl (C=O) groups excluding carboxylic acids is 1. The molecule has 3 aromatic rings. The van der Waals surface area contributed by atoms with Crippen molar-refractivity contribution in [1.29, 1.82) is 0 Å². The zero-order chi connectivity index (χ0) is 19.3. The fourth-order valence-corrected chi connectivity index (χ4v) is 3.55. The Balaban J connectivity index is 1.36. The zero-order valence-corrected chi connectivity index (χ0v) is 15.7. The number of carbonyl (C=O) groups is 1. The van der Waals surface area contributed by atoms with Crippen molar-refractivity contribution >= 4 is 34.9 Å². The number of nitrogen functional groups attached to an aromatic ring is 1. The van der Waals surface area contributed by atoms with E-state index in [1.165, 1.54) is 0 Å². The third-order valence-corrected chi connectivity index (χ3v) is 5.16. The lowest BCUT2D eigenvalue weighted by Crippen LogP contribution is -2.19. The minimum absolute atomic E-state index is 0.195. The highest BCUT2D eigenvalue weighted by Crippen LogP contribution is 2.34.